The number of benzene rings is 3. The Morgan fingerprint density at radius 2 is 1.34 bits per heavy atom. The topological polar surface area (TPSA) is 54.0 Å². The van der Waals surface area contributed by atoms with E-state index in [-0.39, 0.29) is 0 Å². The first-order valence-corrected chi connectivity index (χ1v) is 9.50. The quantitative estimate of drug-likeness (QED) is 0.503. The van der Waals surface area contributed by atoms with E-state index in [1.807, 2.05) is 24.3 Å². The molecule has 3 aromatic carbocycles. The third-order valence-electron chi connectivity index (χ3n) is 5.61. The van der Waals surface area contributed by atoms with Crippen LogP contribution in [-0.2, 0) is 19.7 Å². The number of hydrogen-bond acceptors (Lipinski definition) is 5. The van der Waals surface area contributed by atoms with E-state index >= 15 is 0 Å². The lowest BCUT2D eigenvalue weighted by Crippen LogP contribution is -2.48. The third kappa shape index (κ3) is 2.90. The second-order valence-corrected chi connectivity index (χ2v) is 7.22. The number of rotatable bonds is 3. The van der Waals surface area contributed by atoms with Crippen LogP contribution in [0.15, 0.2) is 72.8 Å². The highest BCUT2D eigenvalue weighted by atomic mass is 16.7. The molecule has 5 heteroatoms. The second-order valence-electron chi connectivity index (χ2n) is 7.22. The van der Waals surface area contributed by atoms with E-state index in [0.717, 1.165) is 0 Å². The summed E-state index contributed by atoms with van der Waals surface area (Å²) in [5, 5.41) is 0. The van der Waals surface area contributed by atoms with Gasteiger partial charge in [0.25, 0.3) is 6.29 Å². The number of esters is 1. The van der Waals surface area contributed by atoms with Crippen LogP contribution in [0.3, 0.4) is 0 Å². The Bertz CT molecular complexity index is 1000. The minimum Gasteiger partial charge on any atom is -0.497 e. The van der Waals surface area contributed by atoms with Crippen molar-refractivity contribution in [2.24, 2.45) is 0 Å². The van der Waals surface area contributed by atoms with Crippen molar-refractivity contribution >= 4 is 5.97 Å². The monoisotopic (exact) mass is 388 g/mol. The number of ether oxygens (including phenoxy) is 4. The fraction of sp³-hybridized carbons (Fsp3) is 0.208. The fourth-order valence-electron chi connectivity index (χ4n) is 4.20. The molecule has 0 atom stereocenters. The second kappa shape index (κ2) is 7.03. The standard InChI is InChI=1S/C24H20O5/c1-26-16-10-12-17(13-11-16)29-22(25)23-27-14-24(15-28-23)20-8-4-2-6-18(20)19-7-3-5-9-21(19)24/h2-13,23H,14-15H2,1H3. The van der Waals surface area contributed by atoms with E-state index in [1.54, 1.807) is 31.4 Å². The lowest BCUT2D eigenvalue weighted by Gasteiger charge is -2.37. The van der Waals surface area contributed by atoms with Gasteiger partial charge in [0.05, 0.1) is 25.7 Å². The molecule has 146 valence electrons. The summed E-state index contributed by atoms with van der Waals surface area (Å²) in [6.07, 6.45) is -1.05. The predicted octanol–water partition coefficient (Wildman–Crippen LogP) is 3.94. The summed E-state index contributed by atoms with van der Waals surface area (Å²) in [7, 11) is 1.58. The Hall–Kier alpha value is -3.15. The van der Waals surface area contributed by atoms with Gasteiger partial charge in [-0.1, -0.05) is 48.5 Å². The summed E-state index contributed by atoms with van der Waals surface area (Å²) in [6.45, 7) is 0.701. The van der Waals surface area contributed by atoms with E-state index in [1.165, 1.54) is 22.3 Å². The lowest BCUT2D eigenvalue weighted by atomic mass is 9.79. The van der Waals surface area contributed by atoms with Gasteiger partial charge >= 0.3 is 5.97 Å². The van der Waals surface area contributed by atoms with Crippen molar-refractivity contribution in [3.8, 4) is 22.6 Å². The number of carbonyl (C=O) groups is 1. The van der Waals surface area contributed by atoms with Crippen molar-refractivity contribution in [1.82, 2.24) is 0 Å². The molecular formula is C24H20O5. The molecule has 0 bridgehead atoms. The molecule has 0 amide bonds. The zero-order valence-electron chi connectivity index (χ0n) is 16.0. The molecule has 1 spiro atoms. The molecule has 1 fully saturated rings. The third-order valence-corrected chi connectivity index (χ3v) is 5.61. The van der Waals surface area contributed by atoms with Crippen molar-refractivity contribution in [2.45, 2.75) is 11.7 Å². The maximum atomic E-state index is 12.5. The van der Waals surface area contributed by atoms with Crippen molar-refractivity contribution in [3.05, 3.63) is 83.9 Å². The van der Waals surface area contributed by atoms with E-state index in [2.05, 4.69) is 24.3 Å². The Morgan fingerprint density at radius 1 is 0.828 bits per heavy atom. The first-order chi connectivity index (χ1) is 14.2. The normalized spacial score (nSPS) is 16.9. The van der Waals surface area contributed by atoms with Crippen LogP contribution >= 0.6 is 0 Å². The summed E-state index contributed by atoms with van der Waals surface area (Å²) < 4.78 is 22.3. The summed E-state index contributed by atoms with van der Waals surface area (Å²) >= 11 is 0. The number of hydrogen-bond donors (Lipinski definition) is 0. The van der Waals surface area contributed by atoms with Crippen molar-refractivity contribution in [2.75, 3.05) is 20.3 Å². The molecule has 0 aromatic heterocycles. The molecule has 1 aliphatic carbocycles. The molecule has 0 radical (unpaired) electrons. The van der Waals surface area contributed by atoms with Crippen LogP contribution in [0.5, 0.6) is 11.5 Å². The predicted molar refractivity (Wildman–Crippen MR) is 107 cm³/mol. The van der Waals surface area contributed by atoms with E-state index in [4.69, 9.17) is 18.9 Å². The molecular weight excluding hydrogens is 368 g/mol. The van der Waals surface area contributed by atoms with Gasteiger partial charge in [0.15, 0.2) is 0 Å². The van der Waals surface area contributed by atoms with Gasteiger partial charge in [0.2, 0.25) is 0 Å². The summed E-state index contributed by atoms with van der Waals surface area (Å²) in [5.74, 6) is 0.542. The molecule has 1 aliphatic heterocycles. The van der Waals surface area contributed by atoms with Crippen LogP contribution in [0.2, 0.25) is 0 Å². The van der Waals surface area contributed by atoms with Gasteiger partial charge in [-0.15, -0.1) is 0 Å². The maximum Gasteiger partial charge on any atom is 0.368 e. The van der Waals surface area contributed by atoms with Gasteiger partial charge < -0.3 is 18.9 Å². The van der Waals surface area contributed by atoms with Crippen LogP contribution in [0.4, 0.5) is 0 Å². The fourth-order valence-corrected chi connectivity index (χ4v) is 4.20. The Labute approximate surface area is 168 Å². The van der Waals surface area contributed by atoms with Crippen molar-refractivity contribution in [1.29, 1.82) is 0 Å². The van der Waals surface area contributed by atoms with Gasteiger partial charge in [-0.05, 0) is 46.5 Å². The first-order valence-electron chi connectivity index (χ1n) is 9.50. The van der Waals surface area contributed by atoms with Crippen molar-refractivity contribution in [3.63, 3.8) is 0 Å². The highest BCUT2D eigenvalue weighted by Gasteiger charge is 2.48. The molecule has 0 N–H and O–H groups in total. The lowest BCUT2D eigenvalue weighted by molar-refractivity contribution is -0.215. The SMILES string of the molecule is COc1ccc(OC(=O)C2OCC3(CO2)c2ccccc2-c2ccccc23)cc1. The molecule has 2 aliphatic rings. The molecule has 5 rings (SSSR count). The van der Waals surface area contributed by atoms with E-state index < -0.39 is 17.7 Å². The molecule has 0 saturated carbocycles. The van der Waals surface area contributed by atoms with Crippen LogP contribution in [0, 0.1) is 0 Å². The summed E-state index contributed by atoms with van der Waals surface area (Å²) in [6, 6.07) is 23.4. The molecule has 5 nitrogen and oxygen atoms in total. The van der Waals surface area contributed by atoms with Gasteiger partial charge in [0, 0.05) is 0 Å². The molecule has 0 unspecified atom stereocenters. The molecule has 1 heterocycles. The smallest absolute Gasteiger partial charge is 0.368 e. The zero-order valence-corrected chi connectivity index (χ0v) is 16.0. The highest BCUT2D eigenvalue weighted by Crippen LogP contribution is 2.50. The number of carbonyl (C=O) groups excluding carboxylic acids is 1. The Balaban J connectivity index is 1.35. The van der Waals surface area contributed by atoms with Crippen molar-refractivity contribution < 1.29 is 23.7 Å². The van der Waals surface area contributed by atoms with Gasteiger partial charge in [-0.2, -0.15) is 0 Å². The Morgan fingerprint density at radius 3 is 1.90 bits per heavy atom. The van der Waals surface area contributed by atoms with E-state index in [9.17, 15) is 4.79 Å². The molecule has 1 saturated heterocycles. The molecule has 3 aromatic rings. The van der Waals surface area contributed by atoms with Gasteiger partial charge in [-0.3, -0.25) is 0 Å². The van der Waals surface area contributed by atoms with E-state index in [0.29, 0.717) is 24.7 Å². The molecule has 29 heavy (non-hydrogen) atoms. The van der Waals surface area contributed by atoms with Crippen LogP contribution < -0.4 is 9.47 Å². The highest BCUT2D eigenvalue weighted by molar-refractivity contribution is 5.81. The Kier molecular flexibility index (Phi) is 4.34. The summed E-state index contributed by atoms with van der Waals surface area (Å²) in [4.78, 5) is 12.5. The number of methoxy groups -OCH3 is 1. The first kappa shape index (κ1) is 17.9. The van der Waals surface area contributed by atoms with Crippen LogP contribution in [0.1, 0.15) is 11.1 Å². The average Bonchev–Trinajstić information content (AvgIpc) is 3.05. The van der Waals surface area contributed by atoms with Gasteiger partial charge in [0.1, 0.15) is 11.5 Å². The minimum absolute atomic E-state index is 0.351. The van der Waals surface area contributed by atoms with Gasteiger partial charge in [-0.25, -0.2) is 4.79 Å². The summed E-state index contributed by atoms with van der Waals surface area (Å²) in [5.41, 5.74) is 4.31. The maximum absolute atomic E-state index is 12.5. The zero-order chi connectivity index (χ0) is 19.8. The van der Waals surface area contributed by atoms with Crippen LogP contribution in [0.25, 0.3) is 11.1 Å². The minimum atomic E-state index is -1.05. The van der Waals surface area contributed by atoms with Crippen LogP contribution in [-0.4, -0.2) is 32.6 Å². The number of fused-ring (bicyclic) bond motifs is 5. The largest absolute Gasteiger partial charge is 0.497 e. The average molecular weight is 388 g/mol.